The number of para-hydroxylation sites is 1. The number of amides is 1. The molecule has 2 heterocycles. The van der Waals surface area contributed by atoms with Gasteiger partial charge in [-0.2, -0.15) is 5.10 Å². The zero-order valence-electron chi connectivity index (χ0n) is 14.4. The number of carbonyl (C=O) groups is 1. The molecule has 0 atom stereocenters. The first kappa shape index (κ1) is 16.0. The highest BCUT2D eigenvalue weighted by molar-refractivity contribution is 6.05. The smallest absolute Gasteiger partial charge is 0.276 e. The summed E-state index contributed by atoms with van der Waals surface area (Å²) < 4.78 is 1.63. The van der Waals surface area contributed by atoms with Crippen molar-refractivity contribution in [1.29, 1.82) is 0 Å². The third-order valence-electron chi connectivity index (χ3n) is 4.11. The van der Waals surface area contributed by atoms with E-state index < -0.39 is 0 Å². The first-order valence-corrected chi connectivity index (χ1v) is 7.84. The van der Waals surface area contributed by atoms with Crippen molar-refractivity contribution >= 4 is 11.6 Å². The average Bonchev–Trinajstić information content (AvgIpc) is 3.10. The third-order valence-corrected chi connectivity index (χ3v) is 4.11. The molecule has 2 aromatic heterocycles. The van der Waals surface area contributed by atoms with Gasteiger partial charge in [0.05, 0.1) is 24.3 Å². The molecule has 24 heavy (non-hydrogen) atoms. The van der Waals surface area contributed by atoms with E-state index in [1.165, 1.54) is 0 Å². The number of aryl methyl sites for hydroxylation is 4. The molecular formula is C18H21N5O. The summed E-state index contributed by atoms with van der Waals surface area (Å²) in [6, 6.07) is 9.68. The molecule has 0 unspecified atom stereocenters. The van der Waals surface area contributed by atoms with E-state index in [1.54, 1.807) is 23.0 Å². The minimum absolute atomic E-state index is 0.0881. The zero-order valence-corrected chi connectivity index (χ0v) is 14.4. The summed E-state index contributed by atoms with van der Waals surface area (Å²) in [7, 11) is 1.79. The van der Waals surface area contributed by atoms with Crippen LogP contribution < -0.4 is 4.90 Å². The number of hydrogen-bond acceptors (Lipinski definition) is 3. The summed E-state index contributed by atoms with van der Waals surface area (Å²) in [5.74, 6) is -0.0881. The number of rotatable bonds is 4. The fraction of sp³-hybridized carbons (Fsp3) is 0.278. The van der Waals surface area contributed by atoms with Crippen LogP contribution in [0.25, 0.3) is 0 Å². The monoisotopic (exact) mass is 323 g/mol. The normalized spacial score (nSPS) is 10.8. The summed E-state index contributed by atoms with van der Waals surface area (Å²) >= 11 is 0. The van der Waals surface area contributed by atoms with Crippen LogP contribution in [0.4, 0.5) is 5.69 Å². The lowest BCUT2D eigenvalue weighted by atomic mass is 10.1. The zero-order chi connectivity index (χ0) is 17.3. The molecule has 6 nitrogen and oxygen atoms in total. The molecule has 0 aliphatic carbocycles. The van der Waals surface area contributed by atoms with Crippen molar-refractivity contribution in [3.8, 4) is 0 Å². The second-order valence-corrected chi connectivity index (χ2v) is 5.95. The fourth-order valence-electron chi connectivity index (χ4n) is 2.78. The van der Waals surface area contributed by atoms with Gasteiger partial charge < -0.3 is 9.88 Å². The lowest BCUT2D eigenvalue weighted by Gasteiger charge is -2.24. The second-order valence-electron chi connectivity index (χ2n) is 5.95. The van der Waals surface area contributed by atoms with Gasteiger partial charge in [0.25, 0.3) is 5.91 Å². The molecule has 0 fully saturated rings. The van der Waals surface area contributed by atoms with Gasteiger partial charge in [0.15, 0.2) is 0 Å². The van der Waals surface area contributed by atoms with Gasteiger partial charge >= 0.3 is 0 Å². The average molecular weight is 323 g/mol. The van der Waals surface area contributed by atoms with Gasteiger partial charge in [-0.15, -0.1) is 0 Å². The Morgan fingerprint density at radius 2 is 2.00 bits per heavy atom. The van der Waals surface area contributed by atoms with Crippen molar-refractivity contribution in [3.63, 3.8) is 0 Å². The Hall–Kier alpha value is -2.89. The van der Waals surface area contributed by atoms with Crippen LogP contribution in [-0.4, -0.2) is 25.7 Å². The number of nitrogens with zero attached hydrogens (tertiary/aromatic N) is 4. The number of benzene rings is 1. The molecule has 3 rings (SSSR count). The Bertz CT molecular complexity index is 877. The molecule has 6 heteroatoms. The summed E-state index contributed by atoms with van der Waals surface area (Å²) in [6.45, 7) is 6.24. The Balaban J connectivity index is 2.05. The van der Waals surface area contributed by atoms with E-state index in [4.69, 9.17) is 0 Å². The molecule has 0 spiro atoms. The van der Waals surface area contributed by atoms with Crippen LogP contribution >= 0.6 is 0 Å². The molecule has 1 N–H and O–H groups in total. The number of anilines is 1. The SMILES string of the molecule is Cc1cc(C(=O)N(Cc2nc[nH]c2C)c2ccccc2C)n(C)n1. The number of carbonyl (C=O) groups excluding carboxylic acids is 1. The van der Waals surface area contributed by atoms with Gasteiger partial charge in [-0.1, -0.05) is 18.2 Å². The van der Waals surface area contributed by atoms with E-state index in [0.717, 1.165) is 28.3 Å². The van der Waals surface area contributed by atoms with Crippen molar-refractivity contribution < 1.29 is 4.79 Å². The maximum atomic E-state index is 13.2. The topological polar surface area (TPSA) is 66.8 Å². The molecule has 0 saturated heterocycles. The first-order valence-electron chi connectivity index (χ1n) is 7.84. The van der Waals surface area contributed by atoms with Crippen LogP contribution in [0.1, 0.15) is 33.1 Å². The number of hydrogen-bond donors (Lipinski definition) is 1. The Morgan fingerprint density at radius 3 is 2.58 bits per heavy atom. The Kier molecular flexibility index (Phi) is 4.20. The number of H-pyrrole nitrogens is 1. The van der Waals surface area contributed by atoms with E-state index in [2.05, 4.69) is 15.1 Å². The van der Waals surface area contributed by atoms with Gasteiger partial charge in [0.1, 0.15) is 5.69 Å². The number of aromatic nitrogens is 4. The van der Waals surface area contributed by atoms with E-state index in [-0.39, 0.29) is 5.91 Å². The van der Waals surface area contributed by atoms with Gasteiger partial charge in [-0.05, 0) is 38.5 Å². The highest BCUT2D eigenvalue weighted by Gasteiger charge is 2.23. The van der Waals surface area contributed by atoms with Crippen LogP contribution in [-0.2, 0) is 13.6 Å². The molecule has 124 valence electrons. The molecule has 0 aliphatic heterocycles. The summed E-state index contributed by atoms with van der Waals surface area (Å²) in [5, 5.41) is 4.29. The van der Waals surface area contributed by atoms with Crippen molar-refractivity contribution in [1.82, 2.24) is 19.7 Å². The van der Waals surface area contributed by atoms with Crippen LogP contribution in [0.15, 0.2) is 36.7 Å². The standard InChI is InChI=1S/C18H21N5O/c1-12-7-5-6-8-16(12)23(10-15-14(3)19-11-20-15)18(24)17-9-13(2)21-22(17)4/h5-9,11H,10H2,1-4H3,(H,19,20). The summed E-state index contributed by atoms with van der Waals surface area (Å²) in [5.41, 5.74) is 5.11. The lowest BCUT2D eigenvalue weighted by molar-refractivity contribution is 0.0975. The molecule has 0 aliphatic rings. The largest absolute Gasteiger partial charge is 0.348 e. The van der Waals surface area contributed by atoms with Crippen molar-refractivity contribution in [2.24, 2.45) is 7.05 Å². The minimum Gasteiger partial charge on any atom is -0.348 e. The molecule has 0 bridgehead atoms. The van der Waals surface area contributed by atoms with Crippen LogP contribution in [0.3, 0.4) is 0 Å². The van der Waals surface area contributed by atoms with E-state index in [0.29, 0.717) is 12.2 Å². The third kappa shape index (κ3) is 2.95. The Labute approximate surface area is 141 Å². The molecule has 0 radical (unpaired) electrons. The molecule has 1 aromatic carbocycles. The number of nitrogens with one attached hydrogen (secondary N) is 1. The predicted molar refractivity (Wildman–Crippen MR) is 93.0 cm³/mol. The van der Waals surface area contributed by atoms with Crippen molar-refractivity contribution in [3.05, 3.63) is 65.0 Å². The second kappa shape index (κ2) is 6.31. The summed E-state index contributed by atoms with van der Waals surface area (Å²) in [4.78, 5) is 22.4. The minimum atomic E-state index is -0.0881. The number of aromatic amines is 1. The van der Waals surface area contributed by atoms with Gasteiger partial charge in [-0.25, -0.2) is 4.98 Å². The molecule has 3 aromatic rings. The van der Waals surface area contributed by atoms with Crippen LogP contribution in [0, 0.1) is 20.8 Å². The van der Waals surface area contributed by atoms with Crippen LogP contribution in [0.5, 0.6) is 0 Å². The highest BCUT2D eigenvalue weighted by Crippen LogP contribution is 2.24. The lowest BCUT2D eigenvalue weighted by Crippen LogP contribution is -2.32. The fourth-order valence-corrected chi connectivity index (χ4v) is 2.78. The van der Waals surface area contributed by atoms with Crippen molar-refractivity contribution in [2.75, 3.05) is 4.90 Å². The maximum absolute atomic E-state index is 13.2. The predicted octanol–water partition coefficient (Wildman–Crippen LogP) is 2.92. The maximum Gasteiger partial charge on any atom is 0.276 e. The van der Waals surface area contributed by atoms with Gasteiger partial charge in [0, 0.05) is 18.4 Å². The number of imidazole rings is 1. The van der Waals surface area contributed by atoms with Crippen molar-refractivity contribution in [2.45, 2.75) is 27.3 Å². The molecule has 0 saturated carbocycles. The van der Waals surface area contributed by atoms with E-state index >= 15 is 0 Å². The highest BCUT2D eigenvalue weighted by atomic mass is 16.2. The first-order chi connectivity index (χ1) is 11.5. The molecular weight excluding hydrogens is 302 g/mol. The van der Waals surface area contributed by atoms with Gasteiger partial charge in [0.2, 0.25) is 0 Å². The van der Waals surface area contributed by atoms with E-state index in [1.807, 2.05) is 51.1 Å². The summed E-state index contributed by atoms with van der Waals surface area (Å²) in [6.07, 6.45) is 1.65. The Morgan fingerprint density at radius 1 is 1.25 bits per heavy atom. The van der Waals surface area contributed by atoms with Crippen LogP contribution in [0.2, 0.25) is 0 Å². The van der Waals surface area contributed by atoms with Gasteiger partial charge in [-0.3, -0.25) is 9.48 Å². The molecule has 1 amide bonds. The quantitative estimate of drug-likeness (QED) is 0.803. The van der Waals surface area contributed by atoms with E-state index in [9.17, 15) is 4.79 Å².